The Labute approximate surface area is 236 Å². The summed E-state index contributed by atoms with van der Waals surface area (Å²) in [5.41, 5.74) is 0.533. The van der Waals surface area contributed by atoms with Gasteiger partial charge in [-0.3, -0.25) is 9.78 Å². The van der Waals surface area contributed by atoms with Gasteiger partial charge in [0, 0.05) is 34.0 Å². The van der Waals surface area contributed by atoms with Gasteiger partial charge in [-0.1, -0.05) is 83.9 Å². The van der Waals surface area contributed by atoms with E-state index in [0.717, 1.165) is 12.3 Å². The maximum atomic E-state index is 13.8. The summed E-state index contributed by atoms with van der Waals surface area (Å²) < 4.78 is 41.5. The Morgan fingerprint density at radius 1 is 0.800 bits per heavy atom. The Bertz CT molecular complexity index is 1760. The summed E-state index contributed by atoms with van der Waals surface area (Å²) in [4.78, 5) is 30.3. The number of nitrogens with zero attached hydrogens (tertiary/aromatic N) is 1. The van der Waals surface area contributed by atoms with Crippen LogP contribution in [0.15, 0.2) is 97.2 Å². The summed E-state index contributed by atoms with van der Waals surface area (Å²) in [6, 6.07) is 22.7. The van der Waals surface area contributed by atoms with Crippen LogP contribution in [-0.2, 0) is 6.18 Å². The zero-order chi connectivity index (χ0) is 28.4. The van der Waals surface area contributed by atoms with Crippen LogP contribution in [0.4, 0.5) is 29.3 Å². The number of hydrogen-bond donors (Lipinski definition) is 2. The number of benzene rings is 4. The molecule has 0 spiro atoms. The average molecular weight is 580 g/mol. The highest BCUT2D eigenvalue weighted by Gasteiger charge is 2.34. The molecule has 0 aliphatic carbocycles. The molecule has 0 saturated carbocycles. The summed E-state index contributed by atoms with van der Waals surface area (Å²) in [7, 11) is 0. The molecule has 5 nitrogen and oxygen atoms in total. The van der Waals surface area contributed by atoms with Gasteiger partial charge >= 0.3 is 12.2 Å². The van der Waals surface area contributed by atoms with Crippen molar-refractivity contribution < 1.29 is 22.8 Å². The second kappa shape index (κ2) is 11.0. The maximum absolute atomic E-state index is 13.8. The van der Waals surface area contributed by atoms with Gasteiger partial charge in [0.25, 0.3) is 0 Å². The summed E-state index contributed by atoms with van der Waals surface area (Å²) in [6.45, 7) is 0. The smallest absolute Gasteiger partial charge is 0.308 e. The average Bonchev–Trinajstić information content (AvgIpc) is 2.94. The molecule has 5 rings (SSSR count). The number of carbonyl (C=O) groups is 2. The second-order valence-corrected chi connectivity index (χ2v) is 9.49. The van der Waals surface area contributed by atoms with Crippen LogP contribution in [0.1, 0.15) is 21.5 Å². The molecule has 0 bridgehead atoms. The monoisotopic (exact) mass is 579 g/mol. The van der Waals surface area contributed by atoms with E-state index in [0.29, 0.717) is 22.5 Å². The molecular weight excluding hydrogens is 562 g/mol. The van der Waals surface area contributed by atoms with E-state index in [1.54, 1.807) is 72.8 Å². The summed E-state index contributed by atoms with van der Waals surface area (Å²) in [6.07, 6.45) is -3.49. The maximum Gasteiger partial charge on any atom is 0.418 e. The number of alkyl halides is 3. The zero-order valence-corrected chi connectivity index (χ0v) is 21.9. The van der Waals surface area contributed by atoms with Gasteiger partial charge in [-0.2, -0.15) is 13.2 Å². The van der Waals surface area contributed by atoms with E-state index in [1.165, 1.54) is 12.1 Å². The van der Waals surface area contributed by atoms with Gasteiger partial charge < -0.3 is 10.6 Å². The van der Waals surface area contributed by atoms with Crippen molar-refractivity contribution in [3.05, 3.63) is 124 Å². The van der Waals surface area contributed by atoms with Gasteiger partial charge in [0.1, 0.15) is 0 Å². The fourth-order valence-corrected chi connectivity index (χ4v) is 4.67. The van der Waals surface area contributed by atoms with Crippen LogP contribution < -0.4 is 10.6 Å². The first-order valence-corrected chi connectivity index (χ1v) is 12.6. The SMILES string of the molecule is O=C(Nc1cccc(-c2c(C(=O)c3ccccc3)cnc3c(C(F)(F)F)cccc23)c1)Nc1cccc(Cl)c1Cl. The van der Waals surface area contributed by atoms with Crippen molar-refractivity contribution in [1.29, 1.82) is 0 Å². The van der Waals surface area contributed by atoms with Crippen LogP contribution >= 0.6 is 23.2 Å². The number of urea groups is 1. The molecule has 10 heteroatoms. The summed E-state index contributed by atoms with van der Waals surface area (Å²) in [5.74, 6) is -0.408. The Hall–Kier alpha value is -4.40. The van der Waals surface area contributed by atoms with E-state index >= 15 is 0 Å². The van der Waals surface area contributed by atoms with Crippen molar-refractivity contribution >= 4 is 57.3 Å². The topological polar surface area (TPSA) is 71.1 Å². The molecule has 200 valence electrons. The zero-order valence-electron chi connectivity index (χ0n) is 20.4. The quantitative estimate of drug-likeness (QED) is 0.204. The van der Waals surface area contributed by atoms with Crippen LogP contribution in [0.25, 0.3) is 22.0 Å². The lowest BCUT2D eigenvalue weighted by atomic mass is 9.91. The van der Waals surface area contributed by atoms with E-state index in [9.17, 15) is 22.8 Å². The molecule has 0 aliphatic heterocycles. The summed E-state index contributed by atoms with van der Waals surface area (Å²) in [5, 5.41) is 5.86. The Morgan fingerprint density at radius 3 is 2.27 bits per heavy atom. The highest BCUT2D eigenvalue weighted by atomic mass is 35.5. The molecule has 0 aliphatic rings. The number of aromatic nitrogens is 1. The molecule has 2 amide bonds. The van der Waals surface area contributed by atoms with Crippen molar-refractivity contribution in [2.24, 2.45) is 0 Å². The normalized spacial score (nSPS) is 11.3. The first kappa shape index (κ1) is 27.2. The number of nitrogens with one attached hydrogen (secondary N) is 2. The third-order valence-corrected chi connectivity index (χ3v) is 6.91. The fourth-order valence-electron chi connectivity index (χ4n) is 4.32. The van der Waals surface area contributed by atoms with E-state index in [2.05, 4.69) is 15.6 Å². The lowest BCUT2D eigenvalue weighted by Gasteiger charge is -2.16. The highest BCUT2D eigenvalue weighted by molar-refractivity contribution is 6.44. The number of fused-ring (bicyclic) bond motifs is 1. The number of halogens is 5. The first-order chi connectivity index (χ1) is 19.1. The van der Waals surface area contributed by atoms with Crippen LogP contribution in [0.3, 0.4) is 0 Å². The molecule has 1 aromatic heterocycles. The lowest BCUT2D eigenvalue weighted by Crippen LogP contribution is -2.19. The second-order valence-electron chi connectivity index (χ2n) is 8.70. The predicted octanol–water partition coefficient (Wildman–Crippen LogP) is 9.10. The van der Waals surface area contributed by atoms with Gasteiger partial charge in [0.2, 0.25) is 0 Å². The van der Waals surface area contributed by atoms with Crippen LogP contribution in [0.2, 0.25) is 10.0 Å². The molecule has 0 unspecified atom stereocenters. The number of para-hydroxylation sites is 1. The first-order valence-electron chi connectivity index (χ1n) is 11.8. The molecule has 0 fully saturated rings. The molecule has 1 heterocycles. The van der Waals surface area contributed by atoms with Crippen molar-refractivity contribution in [2.75, 3.05) is 10.6 Å². The lowest BCUT2D eigenvalue weighted by molar-refractivity contribution is -0.136. The van der Waals surface area contributed by atoms with E-state index in [-0.39, 0.29) is 32.1 Å². The van der Waals surface area contributed by atoms with E-state index in [1.807, 2.05) is 0 Å². The van der Waals surface area contributed by atoms with Gasteiger partial charge in [-0.05, 0) is 35.9 Å². The van der Waals surface area contributed by atoms with Crippen LogP contribution in [0.5, 0.6) is 0 Å². The minimum absolute atomic E-state index is 0.116. The third kappa shape index (κ3) is 5.50. The molecule has 5 aromatic rings. The molecule has 2 N–H and O–H groups in total. The van der Waals surface area contributed by atoms with E-state index < -0.39 is 23.6 Å². The minimum Gasteiger partial charge on any atom is -0.308 e. The summed E-state index contributed by atoms with van der Waals surface area (Å²) >= 11 is 12.2. The van der Waals surface area contributed by atoms with E-state index in [4.69, 9.17) is 23.2 Å². The van der Waals surface area contributed by atoms with Crippen LogP contribution in [-0.4, -0.2) is 16.8 Å². The molecule has 0 saturated heterocycles. The molecule has 4 aromatic carbocycles. The third-order valence-electron chi connectivity index (χ3n) is 6.09. The Balaban J connectivity index is 1.60. The van der Waals surface area contributed by atoms with Gasteiger partial charge in [-0.15, -0.1) is 0 Å². The van der Waals surface area contributed by atoms with Gasteiger partial charge in [0.05, 0.1) is 26.8 Å². The molecule has 0 atom stereocenters. The largest absolute Gasteiger partial charge is 0.418 e. The van der Waals surface area contributed by atoms with Crippen molar-refractivity contribution in [2.45, 2.75) is 6.18 Å². The highest BCUT2D eigenvalue weighted by Crippen LogP contribution is 2.39. The molecule has 0 radical (unpaired) electrons. The van der Waals surface area contributed by atoms with Crippen LogP contribution in [0, 0.1) is 0 Å². The predicted molar refractivity (Wildman–Crippen MR) is 151 cm³/mol. The van der Waals surface area contributed by atoms with Crippen molar-refractivity contribution in [3.8, 4) is 11.1 Å². The van der Waals surface area contributed by atoms with Gasteiger partial charge in [-0.25, -0.2) is 4.79 Å². The number of pyridine rings is 1. The minimum atomic E-state index is -4.65. The number of ketones is 1. The number of hydrogen-bond acceptors (Lipinski definition) is 3. The van der Waals surface area contributed by atoms with Crippen molar-refractivity contribution in [3.63, 3.8) is 0 Å². The van der Waals surface area contributed by atoms with Gasteiger partial charge in [0.15, 0.2) is 5.78 Å². The number of rotatable bonds is 5. The molecule has 40 heavy (non-hydrogen) atoms. The number of carbonyl (C=O) groups excluding carboxylic acids is 2. The standard InChI is InChI=1S/C30H18Cl2F3N3O2/c31-23-13-6-14-24(26(23)32)38-29(40)37-19-10-4-9-18(15-19)25-20-11-5-12-22(30(33,34)35)27(20)36-16-21(25)28(39)17-7-2-1-3-8-17/h1-16H,(H2,37,38,40). The Kier molecular flexibility index (Phi) is 7.47. The Morgan fingerprint density at radius 2 is 1.52 bits per heavy atom. The number of anilines is 2. The number of amides is 2. The fraction of sp³-hybridized carbons (Fsp3) is 0.0333. The molecular formula is C30H18Cl2F3N3O2. The van der Waals surface area contributed by atoms with Crippen molar-refractivity contribution in [1.82, 2.24) is 4.98 Å².